The van der Waals surface area contributed by atoms with E-state index in [2.05, 4.69) is 0 Å². The molecular formula is C11H11ClO4. The topological polar surface area (TPSA) is 44.8 Å². The Balaban J connectivity index is 2.06. The number of ether oxygens (including phenoxy) is 3. The Bertz CT molecular complexity index is 417. The van der Waals surface area contributed by atoms with Crippen LogP contribution in [-0.2, 0) is 16.0 Å². The number of fused-ring (bicyclic) bond motifs is 1. The Kier molecular flexibility index (Phi) is 3.19. The molecule has 1 aliphatic rings. The van der Waals surface area contributed by atoms with Gasteiger partial charge in [-0.2, -0.15) is 0 Å². The Morgan fingerprint density at radius 3 is 2.81 bits per heavy atom. The molecule has 0 bridgehead atoms. The maximum atomic E-state index is 10.6. The van der Waals surface area contributed by atoms with Gasteiger partial charge in [-0.1, -0.05) is 11.6 Å². The Hall–Kier alpha value is -1.42. The van der Waals surface area contributed by atoms with Gasteiger partial charge in [0, 0.05) is 24.4 Å². The fraction of sp³-hybridized carbons (Fsp3) is 0.364. The monoisotopic (exact) mass is 242 g/mol. The van der Waals surface area contributed by atoms with Gasteiger partial charge in [-0.15, -0.1) is 0 Å². The lowest BCUT2D eigenvalue weighted by atomic mass is 10.1. The highest BCUT2D eigenvalue weighted by Gasteiger charge is 2.16. The lowest BCUT2D eigenvalue weighted by Crippen LogP contribution is -2.03. The molecule has 2 rings (SSSR count). The average Bonchev–Trinajstić information content (AvgIpc) is 2.64. The number of rotatable bonds is 3. The van der Waals surface area contributed by atoms with Crippen LogP contribution in [0.4, 0.5) is 0 Å². The maximum absolute atomic E-state index is 10.6. The Morgan fingerprint density at radius 2 is 2.12 bits per heavy atom. The number of carbonyl (C=O) groups excluding carboxylic acids is 1. The number of benzene rings is 1. The molecule has 0 fully saturated rings. The van der Waals surface area contributed by atoms with Gasteiger partial charge in [-0.25, -0.2) is 0 Å². The summed E-state index contributed by atoms with van der Waals surface area (Å²) in [7, 11) is 0. The van der Waals surface area contributed by atoms with Crippen molar-refractivity contribution in [3.05, 3.63) is 22.7 Å². The molecule has 1 aliphatic heterocycles. The number of hydrogen-bond donors (Lipinski definition) is 0. The quantitative estimate of drug-likeness (QED) is 0.762. The van der Waals surface area contributed by atoms with Crippen molar-refractivity contribution in [2.75, 3.05) is 13.4 Å². The van der Waals surface area contributed by atoms with E-state index in [1.54, 1.807) is 6.07 Å². The van der Waals surface area contributed by atoms with Gasteiger partial charge in [0.15, 0.2) is 11.5 Å². The normalized spacial score (nSPS) is 12.6. The summed E-state index contributed by atoms with van der Waals surface area (Å²) in [5.74, 6) is 1.04. The minimum atomic E-state index is -0.295. The molecule has 5 heteroatoms. The zero-order valence-electron chi connectivity index (χ0n) is 8.79. The molecule has 0 radical (unpaired) electrons. The predicted octanol–water partition coefficient (Wildman–Crippen LogP) is 2.17. The van der Waals surface area contributed by atoms with Crippen molar-refractivity contribution in [2.45, 2.75) is 13.3 Å². The first kappa shape index (κ1) is 11.1. The highest BCUT2D eigenvalue weighted by atomic mass is 35.5. The van der Waals surface area contributed by atoms with E-state index in [1.165, 1.54) is 6.92 Å². The average molecular weight is 243 g/mol. The molecule has 0 spiro atoms. The number of esters is 1. The molecule has 0 aromatic heterocycles. The van der Waals surface area contributed by atoms with E-state index in [-0.39, 0.29) is 12.8 Å². The zero-order valence-corrected chi connectivity index (χ0v) is 9.54. The highest BCUT2D eigenvalue weighted by Crippen LogP contribution is 2.36. The first-order chi connectivity index (χ1) is 7.66. The molecule has 0 unspecified atom stereocenters. The zero-order chi connectivity index (χ0) is 11.5. The van der Waals surface area contributed by atoms with Crippen molar-refractivity contribution < 1.29 is 19.0 Å². The highest BCUT2D eigenvalue weighted by molar-refractivity contribution is 6.31. The minimum Gasteiger partial charge on any atom is -0.466 e. The summed E-state index contributed by atoms with van der Waals surface area (Å²) in [6.45, 7) is 1.91. The first-order valence-electron chi connectivity index (χ1n) is 4.88. The predicted molar refractivity (Wildman–Crippen MR) is 57.9 cm³/mol. The molecular weight excluding hydrogens is 232 g/mol. The summed E-state index contributed by atoms with van der Waals surface area (Å²) in [6.07, 6.45) is 0.565. The summed E-state index contributed by atoms with van der Waals surface area (Å²) in [4.78, 5) is 10.6. The van der Waals surface area contributed by atoms with Gasteiger partial charge >= 0.3 is 5.97 Å². The van der Waals surface area contributed by atoms with Gasteiger partial charge in [0.2, 0.25) is 6.79 Å². The Morgan fingerprint density at radius 1 is 1.44 bits per heavy atom. The van der Waals surface area contributed by atoms with Crippen molar-refractivity contribution in [3.8, 4) is 11.5 Å². The van der Waals surface area contributed by atoms with Crippen LogP contribution in [0, 0.1) is 0 Å². The molecule has 0 saturated carbocycles. The minimum absolute atomic E-state index is 0.221. The van der Waals surface area contributed by atoms with Crippen LogP contribution in [0.3, 0.4) is 0 Å². The third-order valence-corrected chi connectivity index (χ3v) is 2.57. The molecule has 0 saturated heterocycles. The van der Waals surface area contributed by atoms with Gasteiger partial charge in [0.25, 0.3) is 0 Å². The Labute approximate surface area is 98.1 Å². The summed E-state index contributed by atoms with van der Waals surface area (Å²) in [5.41, 5.74) is 0.882. The second kappa shape index (κ2) is 4.61. The smallest absolute Gasteiger partial charge is 0.302 e. The van der Waals surface area contributed by atoms with Gasteiger partial charge in [0.05, 0.1) is 6.61 Å². The van der Waals surface area contributed by atoms with Crippen LogP contribution < -0.4 is 9.47 Å². The van der Waals surface area contributed by atoms with E-state index in [9.17, 15) is 4.79 Å². The summed E-state index contributed by atoms with van der Waals surface area (Å²) in [5, 5.41) is 0.594. The molecule has 1 aromatic rings. The molecule has 0 amide bonds. The number of halogens is 1. The van der Waals surface area contributed by atoms with Crippen molar-refractivity contribution in [3.63, 3.8) is 0 Å². The summed E-state index contributed by atoms with van der Waals surface area (Å²) < 4.78 is 15.3. The van der Waals surface area contributed by atoms with Gasteiger partial charge < -0.3 is 14.2 Å². The van der Waals surface area contributed by atoms with Crippen molar-refractivity contribution in [2.24, 2.45) is 0 Å². The van der Waals surface area contributed by atoms with Gasteiger partial charge in [0.1, 0.15) is 0 Å². The molecule has 16 heavy (non-hydrogen) atoms. The van der Waals surface area contributed by atoms with E-state index in [4.69, 9.17) is 25.8 Å². The fourth-order valence-electron chi connectivity index (χ4n) is 1.46. The largest absolute Gasteiger partial charge is 0.466 e. The lowest BCUT2D eigenvalue weighted by molar-refractivity contribution is -0.140. The molecule has 4 nitrogen and oxygen atoms in total. The van der Waals surface area contributed by atoms with E-state index >= 15 is 0 Å². The molecule has 0 aliphatic carbocycles. The van der Waals surface area contributed by atoms with Crippen molar-refractivity contribution in [1.82, 2.24) is 0 Å². The third kappa shape index (κ3) is 2.39. The summed E-state index contributed by atoms with van der Waals surface area (Å²) >= 11 is 6.05. The van der Waals surface area contributed by atoms with Crippen LogP contribution in [0.2, 0.25) is 5.02 Å². The summed E-state index contributed by atoms with van der Waals surface area (Å²) in [6, 6.07) is 3.53. The van der Waals surface area contributed by atoms with Crippen molar-refractivity contribution in [1.29, 1.82) is 0 Å². The second-order valence-electron chi connectivity index (χ2n) is 3.39. The number of carbonyl (C=O) groups is 1. The van der Waals surface area contributed by atoms with Crippen LogP contribution in [0.5, 0.6) is 11.5 Å². The molecule has 86 valence electrons. The van der Waals surface area contributed by atoms with E-state index in [1.807, 2.05) is 6.07 Å². The van der Waals surface area contributed by atoms with E-state index in [0.29, 0.717) is 29.5 Å². The van der Waals surface area contributed by atoms with Crippen LogP contribution in [-0.4, -0.2) is 19.4 Å². The van der Waals surface area contributed by atoms with Crippen LogP contribution in [0.15, 0.2) is 12.1 Å². The standard InChI is InChI=1S/C11H11ClO4/c1-7(13)14-3-2-8-4-10-11(5-9(8)12)16-6-15-10/h4-5H,2-3,6H2,1H3. The molecule has 0 N–H and O–H groups in total. The molecule has 0 atom stereocenters. The molecule has 1 aromatic carbocycles. The maximum Gasteiger partial charge on any atom is 0.302 e. The molecule has 1 heterocycles. The van der Waals surface area contributed by atoms with Gasteiger partial charge in [-0.05, 0) is 11.6 Å². The lowest BCUT2D eigenvalue weighted by Gasteiger charge is -2.06. The second-order valence-corrected chi connectivity index (χ2v) is 3.79. The van der Waals surface area contributed by atoms with E-state index < -0.39 is 0 Å². The van der Waals surface area contributed by atoms with Crippen LogP contribution in [0.1, 0.15) is 12.5 Å². The van der Waals surface area contributed by atoms with E-state index in [0.717, 1.165) is 5.56 Å². The third-order valence-electron chi connectivity index (χ3n) is 2.22. The van der Waals surface area contributed by atoms with Crippen molar-refractivity contribution >= 4 is 17.6 Å². The SMILES string of the molecule is CC(=O)OCCc1cc2c(cc1Cl)OCO2. The van der Waals surface area contributed by atoms with Gasteiger partial charge in [-0.3, -0.25) is 4.79 Å². The first-order valence-corrected chi connectivity index (χ1v) is 5.26. The van der Waals surface area contributed by atoms with Crippen LogP contribution >= 0.6 is 11.6 Å². The fourth-order valence-corrected chi connectivity index (χ4v) is 1.70. The van der Waals surface area contributed by atoms with Crippen LogP contribution in [0.25, 0.3) is 0 Å². The number of hydrogen-bond acceptors (Lipinski definition) is 4.